The summed E-state index contributed by atoms with van der Waals surface area (Å²) in [4.78, 5) is 2.40. The van der Waals surface area contributed by atoms with Crippen molar-refractivity contribution in [2.45, 2.75) is 51.6 Å². The average Bonchev–Trinajstić information content (AvgIpc) is 2.30. The Morgan fingerprint density at radius 3 is 2.37 bits per heavy atom. The van der Waals surface area contributed by atoms with Gasteiger partial charge in [-0.25, -0.2) is 0 Å². The third kappa shape index (κ3) is 3.01. The van der Waals surface area contributed by atoms with Gasteiger partial charge >= 0.3 is 0 Å². The topological polar surface area (TPSA) is 15.3 Å². The van der Waals surface area contributed by atoms with E-state index in [0.29, 0.717) is 11.6 Å². The highest BCUT2D eigenvalue weighted by Crippen LogP contribution is 2.36. The Morgan fingerprint density at radius 2 is 1.89 bits per heavy atom. The number of hydrogen-bond acceptors (Lipinski definition) is 2. The normalized spacial score (nSPS) is 19.3. The van der Waals surface area contributed by atoms with Crippen molar-refractivity contribution in [1.29, 1.82) is 0 Å². The quantitative estimate of drug-likeness (QED) is 0.872. The van der Waals surface area contributed by atoms with Gasteiger partial charge in [0.05, 0.1) is 0 Å². The number of hydrogen-bond donors (Lipinski definition) is 1. The Balaban J connectivity index is 1.97. The van der Waals surface area contributed by atoms with Gasteiger partial charge in [0, 0.05) is 18.1 Å². The molecular weight excluding hydrogens is 232 g/mol. The summed E-state index contributed by atoms with van der Waals surface area (Å²) in [5.41, 5.74) is 4.56. The van der Waals surface area contributed by atoms with Gasteiger partial charge < -0.3 is 10.2 Å². The summed E-state index contributed by atoms with van der Waals surface area (Å²) < 4.78 is 0. The van der Waals surface area contributed by atoms with E-state index in [-0.39, 0.29) is 0 Å². The van der Waals surface area contributed by atoms with Crippen molar-refractivity contribution in [3.8, 4) is 0 Å². The van der Waals surface area contributed by atoms with E-state index in [4.69, 9.17) is 0 Å². The van der Waals surface area contributed by atoms with Crippen LogP contribution in [0.1, 0.15) is 48.9 Å². The van der Waals surface area contributed by atoms with Gasteiger partial charge in [-0.1, -0.05) is 18.2 Å². The van der Waals surface area contributed by atoms with Gasteiger partial charge in [-0.15, -0.1) is 0 Å². The maximum Gasteiger partial charge on any atom is 0.0328 e. The Kier molecular flexibility index (Phi) is 4.32. The molecule has 1 saturated carbocycles. The minimum Gasteiger partial charge on any atom is -0.308 e. The smallest absolute Gasteiger partial charge is 0.0328 e. The number of nitrogens with one attached hydrogen (secondary N) is 1. The van der Waals surface area contributed by atoms with Crippen molar-refractivity contribution < 1.29 is 0 Å². The van der Waals surface area contributed by atoms with Crippen molar-refractivity contribution in [1.82, 2.24) is 10.2 Å². The van der Waals surface area contributed by atoms with Gasteiger partial charge in [-0.2, -0.15) is 0 Å². The molecule has 2 heteroatoms. The van der Waals surface area contributed by atoms with Crippen LogP contribution in [0.2, 0.25) is 0 Å². The Bertz CT molecular complexity index is 433. The highest BCUT2D eigenvalue weighted by molar-refractivity contribution is 5.31. The fourth-order valence-corrected chi connectivity index (χ4v) is 2.86. The summed E-state index contributed by atoms with van der Waals surface area (Å²) in [7, 11) is 4.42. The maximum atomic E-state index is 3.73. The lowest BCUT2D eigenvalue weighted by atomic mass is 9.75. The molecule has 1 atom stereocenters. The lowest BCUT2D eigenvalue weighted by molar-refractivity contribution is 0.0576. The van der Waals surface area contributed by atoms with Gasteiger partial charge in [0.2, 0.25) is 0 Å². The Labute approximate surface area is 118 Å². The van der Waals surface area contributed by atoms with Crippen LogP contribution in [0, 0.1) is 13.8 Å². The molecular formula is C17H28N2. The van der Waals surface area contributed by atoms with Crippen LogP contribution in [-0.2, 0) is 0 Å². The highest BCUT2D eigenvalue weighted by atomic mass is 15.2. The Hall–Kier alpha value is -0.860. The summed E-state index contributed by atoms with van der Waals surface area (Å²) in [5, 5.41) is 3.73. The van der Waals surface area contributed by atoms with Gasteiger partial charge in [-0.05, 0) is 70.8 Å². The number of likely N-dealkylation sites (N-methyl/N-ethyl adjacent to an activating group) is 1. The third-order valence-electron chi connectivity index (χ3n) is 5.00. The first-order chi connectivity index (χ1) is 8.94. The molecule has 0 aromatic heterocycles. The van der Waals surface area contributed by atoms with Crippen LogP contribution < -0.4 is 5.32 Å². The molecule has 0 saturated heterocycles. The van der Waals surface area contributed by atoms with E-state index in [1.807, 2.05) is 0 Å². The summed E-state index contributed by atoms with van der Waals surface area (Å²) >= 11 is 0. The van der Waals surface area contributed by atoms with Crippen LogP contribution in [0.3, 0.4) is 0 Å². The molecule has 1 aromatic carbocycles. The molecule has 19 heavy (non-hydrogen) atoms. The molecule has 2 rings (SSSR count). The van der Waals surface area contributed by atoms with Gasteiger partial charge in [0.25, 0.3) is 0 Å². The third-order valence-corrected chi connectivity index (χ3v) is 5.00. The Morgan fingerprint density at radius 1 is 1.21 bits per heavy atom. The zero-order valence-electron chi connectivity index (χ0n) is 13.1. The van der Waals surface area contributed by atoms with Crippen molar-refractivity contribution >= 4 is 0 Å². The molecule has 1 aliphatic carbocycles. The molecule has 2 nitrogen and oxygen atoms in total. The molecule has 1 aromatic rings. The molecule has 0 aliphatic heterocycles. The fraction of sp³-hybridized carbons (Fsp3) is 0.647. The lowest BCUT2D eigenvalue weighted by Gasteiger charge is -2.48. The molecule has 106 valence electrons. The molecule has 0 amide bonds. The van der Waals surface area contributed by atoms with E-state index in [1.54, 1.807) is 0 Å². The SMILES string of the molecule is Cc1ccc(C(C)NCC2(N(C)C)CCC2)cc1C. The van der Waals surface area contributed by atoms with Crippen LogP contribution in [0.25, 0.3) is 0 Å². The first-order valence-electron chi connectivity index (χ1n) is 7.42. The van der Waals surface area contributed by atoms with Gasteiger partial charge in [0.15, 0.2) is 0 Å². The van der Waals surface area contributed by atoms with E-state index in [9.17, 15) is 0 Å². The van der Waals surface area contributed by atoms with Crippen molar-refractivity contribution in [3.63, 3.8) is 0 Å². The van der Waals surface area contributed by atoms with Crippen molar-refractivity contribution in [2.24, 2.45) is 0 Å². The summed E-state index contributed by atoms with van der Waals surface area (Å²) in [6.45, 7) is 7.73. The standard InChI is InChI=1S/C17H28N2/c1-13-7-8-16(11-14(13)2)15(3)18-12-17(19(4)5)9-6-10-17/h7-8,11,15,18H,6,9-10,12H2,1-5H3. The molecule has 1 aliphatic rings. The molecule has 0 bridgehead atoms. The first kappa shape index (κ1) is 14.5. The molecule has 1 fully saturated rings. The second-order valence-corrected chi connectivity index (χ2v) is 6.42. The van der Waals surface area contributed by atoms with E-state index in [1.165, 1.54) is 36.0 Å². The minimum absolute atomic E-state index is 0.397. The molecule has 0 heterocycles. The predicted molar refractivity (Wildman–Crippen MR) is 82.6 cm³/mol. The van der Waals surface area contributed by atoms with Crippen LogP contribution in [0.5, 0.6) is 0 Å². The molecule has 0 spiro atoms. The molecule has 1 N–H and O–H groups in total. The second kappa shape index (κ2) is 5.64. The molecule has 1 unspecified atom stereocenters. The van der Waals surface area contributed by atoms with Gasteiger partial charge in [-0.3, -0.25) is 0 Å². The number of nitrogens with zero attached hydrogens (tertiary/aromatic N) is 1. The first-order valence-corrected chi connectivity index (χ1v) is 7.42. The molecule has 0 radical (unpaired) electrons. The van der Waals surface area contributed by atoms with Crippen molar-refractivity contribution in [2.75, 3.05) is 20.6 Å². The highest BCUT2D eigenvalue weighted by Gasteiger charge is 2.38. The summed E-state index contributed by atoms with van der Waals surface area (Å²) in [5.74, 6) is 0. The minimum atomic E-state index is 0.397. The predicted octanol–water partition coefficient (Wildman–Crippen LogP) is 3.44. The number of benzene rings is 1. The zero-order valence-corrected chi connectivity index (χ0v) is 13.1. The van der Waals surface area contributed by atoms with Crippen molar-refractivity contribution in [3.05, 3.63) is 34.9 Å². The zero-order chi connectivity index (χ0) is 14.0. The lowest BCUT2D eigenvalue weighted by Crippen LogP contribution is -2.56. The number of aryl methyl sites for hydroxylation is 2. The van der Waals surface area contributed by atoms with E-state index in [0.717, 1.165) is 6.54 Å². The van der Waals surface area contributed by atoms with Crippen LogP contribution >= 0.6 is 0 Å². The van der Waals surface area contributed by atoms with Crippen LogP contribution in [0.4, 0.5) is 0 Å². The van der Waals surface area contributed by atoms with Crippen LogP contribution in [-0.4, -0.2) is 31.1 Å². The maximum absolute atomic E-state index is 3.73. The van der Waals surface area contributed by atoms with E-state index < -0.39 is 0 Å². The van der Waals surface area contributed by atoms with Gasteiger partial charge in [0.1, 0.15) is 0 Å². The summed E-state index contributed by atoms with van der Waals surface area (Å²) in [6, 6.07) is 7.23. The fourth-order valence-electron chi connectivity index (χ4n) is 2.86. The summed E-state index contributed by atoms with van der Waals surface area (Å²) in [6.07, 6.45) is 4.02. The average molecular weight is 260 g/mol. The second-order valence-electron chi connectivity index (χ2n) is 6.42. The van der Waals surface area contributed by atoms with E-state index >= 15 is 0 Å². The number of rotatable bonds is 5. The largest absolute Gasteiger partial charge is 0.308 e. The van der Waals surface area contributed by atoms with E-state index in [2.05, 4.69) is 63.3 Å². The monoisotopic (exact) mass is 260 g/mol. The van der Waals surface area contributed by atoms with Crippen LogP contribution in [0.15, 0.2) is 18.2 Å².